The highest BCUT2D eigenvalue weighted by Crippen LogP contribution is 2.38. The number of H-pyrrole nitrogens is 1. The summed E-state index contributed by atoms with van der Waals surface area (Å²) < 4.78 is 82.5. The lowest BCUT2D eigenvalue weighted by Crippen LogP contribution is -2.41. The number of aliphatic hydroxyl groups is 1. The number of sulfone groups is 1. The van der Waals surface area contributed by atoms with Crippen molar-refractivity contribution in [1.29, 1.82) is 10.5 Å². The first-order chi connectivity index (χ1) is 63.8. The quantitative estimate of drug-likeness (QED) is 0.0473. The Morgan fingerprint density at radius 2 is 1.04 bits per heavy atom. The summed E-state index contributed by atoms with van der Waals surface area (Å²) >= 11 is 6.02. The molecule has 0 saturated carbocycles. The Morgan fingerprint density at radius 3 is 1.53 bits per heavy atom. The minimum Gasteiger partial charge on any atom is -0.450 e. The van der Waals surface area contributed by atoms with Crippen molar-refractivity contribution in [2.45, 2.75) is 102 Å². The highest BCUT2D eigenvalue weighted by Gasteiger charge is 2.53. The average Bonchev–Trinajstić information content (AvgIpc) is 1.51. The lowest BCUT2D eigenvalue weighted by molar-refractivity contribution is -0.117. The van der Waals surface area contributed by atoms with E-state index in [-0.39, 0.29) is 63.3 Å². The van der Waals surface area contributed by atoms with E-state index in [9.17, 15) is 26.0 Å². The van der Waals surface area contributed by atoms with Gasteiger partial charge in [0.05, 0.1) is 61.8 Å². The van der Waals surface area contributed by atoms with Crippen LogP contribution in [0.15, 0.2) is 248 Å². The van der Waals surface area contributed by atoms with Gasteiger partial charge in [-0.05, 0) is 216 Å². The van der Waals surface area contributed by atoms with Crippen LogP contribution in [0.2, 0.25) is 5.02 Å². The van der Waals surface area contributed by atoms with Crippen LogP contribution >= 0.6 is 11.6 Å². The molecule has 16 rings (SSSR count). The lowest BCUT2D eigenvalue weighted by atomic mass is 9.75. The second-order valence-electron chi connectivity index (χ2n) is 32.7. The van der Waals surface area contributed by atoms with Crippen molar-refractivity contribution in [2.75, 3.05) is 36.2 Å². The maximum absolute atomic E-state index is 12.7. The number of ketones is 1. The van der Waals surface area contributed by atoms with Crippen LogP contribution in [0.3, 0.4) is 0 Å². The first-order valence-corrected chi connectivity index (χ1v) is 45.5. The van der Waals surface area contributed by atoms with Crippen molar-refractivity contribution < 1.29 is 131 Å². The fraction of sp³-hybridized carbons (Fsp3) is 0.216. The molecule has 35 nitrogen and oxygen atoms in total. The van der Waals surface area contributed by atoms with Gasteiger partial charge in [0.25, 0.3) is 0 Å². The molecule has 137 heavy (non-hydrogen) atoms. The third-order valence-corrected chi connectivity index (χ3v) is 23.3. The van der Waals surface area contributed by atoms with Crippen LogP contribution < -0.4 is 64.3 Å². The number of sulfonamides is 1. The Kier molecular flexibility index (Phi) is 43.3. The Morgan fingerprint density at radius 1 is 0.526 bits per heavy atom. The number of pyridine rings is 2. The van der Waals surface area contributed by atoms with Crippen LogP contribution in [0, 0.1) is 28.5 Å². The van der Waals surface area contributed by atoms with E-state index in [0.717, 1.165) is 80.7 Å². The molecule has 0 bridgehead atoms. The summed E-state index contributed by atoms with van der Waals surface area (Å²) in [6.45, 7) is 16.0. The molecule has 9 aromatic carbocycles. The largest absolute Gasteiger partial charge is 0.495 e. The monoisotopic (exact) mass is 1930 g/mol. The maximum atomic E-state index is 12.7. The van der Waals surface area contributed by atoms with Gasteiger partial charge >= 0.3 is 71.5 Å². The molecule has 3 aliphatic rings. The number of hydrogen-bond acceptors (Lipinski definition) is 32. The summed E-state index contributed by atoms with van der Waals surface area (Å²) in [5.74, 6) is 0.202. The number of aromatic amines is 1. The molecule has 0 unspecified atom stereocenters. The molecule has 20 N–H and O–H groups in total. The minimum atomic E-state index is -3.29. The standard InChI is InChI=1S/C15H19BO3.C13H15BClNO2.2C9H8BNO2.C8H8BNO2.C7H4BFNO.C7H10BNO4S.C7H9BO4S.C7H9BO3.C6H10BN3O2.H2O/c1-14(2)15(3,4)19-16(18-14)13-7-5-6-10-8-11(17)9-12(10)13;1-12(2)13(3,4)18-14(17-12)10-6-5-9(8-16)11(15)7-10;12-10(13)9-2-1-8-6-11-4-3-7(8)5-9;12-10(13)8-3-4-9-7(6-8)2-1-5-11-9;11-9(12)7-1-2-8-6(5-7)3-4-10-8;9-7-3-6(8-11)2-1-5(7)4-10;1-14(12,13)9-7-4-2-6(3-5-7)8(10)11;1-13(11,12)7-4-2-6(3-5-7)8(9)10;9-5-6-3-1-2-4-7(6)8(10)11;1-10(2)6-8-3-5(4-9-6)7(11)12;/h5-7H,8-9H2,1-4H3;5-7H,1-4H3;2*1-6,12-13H;1-5,10-12H;1-3,11H;2-5,9-11H,1H3;2-5,9-10H,1H3;1-4,9-11H,5H2;3-4,11-12H,1-2H3;1H2. The van der Waals surface area contributed by atoms with Crippen molar-refractivity contribution >= 4 is 208 Å². The van der Waals surface area contributed by atoms with E-state index in [4.69, 9.17) is 121 Å². The number of nitrogens with one attached hydrogen (secondary N) is 2. The maximum Gasteiger partial charge on any atom is 0.495 e. The van der Waals surface area contributed by atoms with E-state index in [1.54, 1.807) is 108 Å². The van der Waals surface area contributed by atoms with E-state index >= 15 is 0 Å². The first-order valence-electron chi connectivity index (χ1n) is 41.4. The van der Waals surface area contributed by atoms with Gasteiger partial charge < -0.3 is 114 Å². The van der Waals surface area contributed by atoms with Gasteiger partial charge in [-0.2, -0.15) is 10.5 Å². The first kappa shape index (κ1) is 114. The van der Waals surface area contributed by atoms with E-state index in [2.05, 4.69) is 29.6 Å². The van der Waals surface area contributed by atoms with Crippen LogP contribution in [-0.4, -0.2) is 254 Å². The number of carbonyl (C=O) groups excluding carboxylic acids is 1. The molecular weight excluding hydrogens is 1830 g/mol. The molecular formula is C88H102B10ClFN9O26S2. The Balaban J connectivity index is 0.000000235. The van der Waals surface area contributed by atoms with Gasteiger partial charge in [-0.25, -0.2) is 31.2 Å². The molecule has 2 saturated heterocycles. The molecule has 13 aromatic rings. The van der Waals surface area contributed by atoms with Gasteiger partial charge in [0.1, 0.15) is 23.7 Å². The van der Waals surface area contributed by atoms with Gasteiger partial charge in [0.2, 0.25) is 16.0 Å². The lowest BCUT2D eigenvalue weighted by Gasteiger charge is -2.32. The van der Waals surface area contributed by atoms with Crippen molar-refractivity contribution in [3.05, 3.63) is 282 Å². The van der Waals surface area contributed by atoms with Crippen molar-refractivity contribution in [3.63, 3.8) is 0 Å². The normalized spacial score (nSPS) is 13.4. The zero-order chi connectivity index (χ0) is 101. The van der Waals surface area contributed by atoms with Crippen LogP contribution in [0.1, 0.15) is 83.2 Å². The molecule has 1 radical (unpaired) electrons. The second-order valence-corrected chi connectivity index (χ2v) is 36.8. The molecule has 0 spiro atoms. The number of rotatable bonds is 15. The summed E-state index contributed by atoms with van der Waals surface area (Å²) in [4.78, 5) is 32.4. The van der Waals surface area contributed by atoms with Crippen molar-refractivity contribution in [3.8, 4) is 12.1 Å². The van der Waals surface area contributed by atoms with Crippen LogP contribution in [-0.2, 0) is 62.7 Å². The zero-order valence-corrected chi connectivity index (χ0v) is 78.9. The number of anilines is 2. The third-order valence-electron chi connectivity index (χ3n) is 21.2. The molecule has 1 aliphatic carbocycles. The molecule has 49 heteroatoms. The highest BCUT2D eigenvalue weighted by molar-refractivity contribution is 7.92. The van der Waals surface area contributed by atoms with Crippen molar-refractivity contribution in [2.24, 2.45) is 0 Å². The van der Waals surface area contributed by atoms with Crippen molar-refractivity contribution in [1.82, 2.24) is 24.9 Å². The van der Waals surface area contributed by atoms with Crippen LogP contribution in [0.5, 0.6) is 0 Å². The van der Waals surface area contributed by atoms with E-state index in [0.29, 0.717) is 78.9 Å². The molecule has 711 valence electrons. The van der Waals surface area contributed by atoms with Gasteiger partial charge in [-0.1, -0.05) is 144 Å². The Bertz CT molecular complexity index is 6330. The minimum absolute atomic E-state index is 0. The predicted octanol–water partition coefficient (Wildman–Crippen LogP) is -2.46. The van der Waals surface area contributed by atoms with Gasteiger partial charge in [0, 0.05) is 87.0 Å². The molecule has 2 fully saturated rings. The number of nitriles is 2. The molecule has 2 aliphatic heterocycles. The summed E-state index contributed by atoms with van der Waals surface area (Å²) in [6.07, 6.45) is 12.9. The van der Waals surface area contributed by atoms with Crippen LogP contribution in [0.4, 0.5) is 16.0 Å². The average molecular weight is 1930 g/mol. The number of halogens is 2. The number of carbonyl (C=O) groups is 1. The second kappa shape index (κ2) is 51.9. The Labute approximate surface area is 801 Å². The highest BCUT2D eigenvalue weighted by atomic mass is 35.5. The summed E-state index contributed by atoms with van der Waals surface area (Å²) in [6, 6.07) is 59.7. The summed E-state index contributed by atoms with van der Waals surface area (Å²) in [5, 5.41) is 162. The number of benzene rings is 9. The number of nitrogens with zero attached hydrogens (tertiary/aromatic N) is 7. The smallest absolute Gasteiger partial charge is 0.450 e. The van der Waals surface area contributed by atoms with E-state index < -0.39 is 82.6 Å². The fourth-order valence-corrected chi connectivity index (χ4v) is 13.8. The molecule has 6 heterocycles. The number of aromatic nitrogens is 5. The number of aliphatic hydroxyl groups excluding tert-OH is 1. The zero-order valence-electron chi connectivity index (χ0n) is 76.5. The number of Topliss-reactive ketones (excluding diaryl/α,β-unsaturated/α-hetero) is 1. The summed E-state index contributed by atoms with van der Waals surface area (Å²) in [5.41, 5.74) is 8.93. The molecule has 0 atom stereocenters. The van der Waals surface area contributed by atoms with E-state index in [1.807, 2.05) is 142 Å². The SMILES string of the molecule is CC1(C)OB(c2ccc(C#N)c(Cl)c2)OC1(C)C.CC1(C)OB(c2cccc3c2CC(=O)C3)OC1(C)C.CN(C)c1ncc(B(O)O)cn1.CS(=O)(=O)Nc1ccc(B(O)O)cc1.CS(=O)(=O)c1ccc(B(O)O)cc1.N#Cc1ccc([B]O)cc1F.O.OB(O)c1ccc2[nH]ccc2c1.OB(O)c1ccc2cnccc2c1.OB(O)c1ccc2ncccc2c1.OCc1ccccc1B(O)O. The fourth-order valence-electron chi connectivity index (χ4n) is 12.3. The van der Waals surface area contributed by atoms with Gasteiger partial charge in [0.15, 0.2) is 9.84 Å². The van der Waals surface area contributed by atoms with E-state index in [1.165, 1.54) is 73.1 Å². The number of fused-ring (bicyclic) bond motifs is 4. The van der Waals surface area contributed by atoms with Gasteiger partial charge in [-0.3, -0.25) is 19.5 Å². The number of hydrogen-bond donors (Lipinski definition) is 18. The molecule has 0 amide bonds. The Hall–Kier alpha value is -11.4. The third kappa shape index (κ3) is 34.3. The van der Waals surface area contributed by atoms with Gasteiger partial charge in [-0.15, -0.1) is 0 Å². The topological polar surface area (TPSA) is 608 Å². The summed E-state index contributed by atoms with van der Waals surface area (Å²) in [7, 11) is -13.2. The molecule has 4 aromatic heterocycles. The van der Waals surface area contributed by atoms with Crippen LogP contribution in [0.25, 0.3) is 32.6 Å². The predicted molar refractivity (Wildman–Crippen MR) is 533 cm³/mol.